The lowest BCUT2D eigenvalue weighted by Gasteiger charge is -2.28. The summed E-state index contributed by atoms with van der Waals surface area (Å²) < 4.78 is 5.64. The van der Waals surface area contributed by atoms with Gasteiger partial charge in [-0.2, -0.15) is 0 Å². The number of nitrogens with zero attached hydrogens (tertiary/aromatic N) is 1. The van der Waals surface area contributed by atoms with Crippen molar-refractivity contribution in [1.29, 1.82) is 0 Å². The van der Waals surface area contributed by atoms with Crippen LogP contribution in [0.1, 0.15) is 73.5 Å². The van der Waals surface area contributed by atoms with Gasteiger partial charge < -0.3 is 15.6 Å². The Hall–Kier alpha value is -3.12. The maximum Gasteiger partial charge on any atom is 0.338 e. The van der Waals surface area contributed by atoms with Gasteiger partial charge in [0.05, 0.1) is 22.7 Å². The zero-order valence-electron chi connectivity index (χ0n) is 20.8. The lowest BCUT2D eigenvalue weighted by atomic mass is 9.78. The van der Waals surface area contributed by atoms with E-state index in [4.69, 9.17) is 10.5 Å². The minimum absolute atomic E-state index is 0.209. The lowest BCUT2D eigenvalue weighted by Crippen LogP contribution is -2.19. The largest absolute Gasteiger partial charge is 0.507 e. The van der Waals surface area contributed by atoms with Gasteiger partial charge in [0.25, 0.3) is 0 Å². The number of phenols is 1. The fourth-order valence-corrected chi connectivity index (χ4v) is 4.30. The molecule has 0 amide bonds. The van der Waals surface area contributed by atoms with Crippen LogP contribution in [0.2, 0.25) is 0 Å². The SMILES string of the molecule is CC(C)(C)c1cc(C(=O)OCCc2ccccc2N=C(N)c2cccs2)cc(C(C)(C)C)c1O. The molecule has 5 nitrogen and oxygen atoms in total. The fraction of sp³-hybridized carbons (Fsp3) is 0.357. The molecule has 0 spiro atoms. The standard InChI is InChI=1S/C28H34N2O3S/c1-27(2,3)20-16-19(17-21(24(20)31)28(4,5)6)26(32)33-14-13-18-10-7-8-11-22(18)30-25(29)23-12-9-15-34-23/h7-12,15-17,31H,13-14H2,1-6H3,(H2,29,30). The summed E-state index contributed by atoms with van der Waals surface area (Å²) in [6.07, 6.45) is 0.513. The quantitative estimate of drug-likeness (QED) is 0.241. The number of esters is 1. The van der Waals surface area contributed by atoms with Gasteiger partial charge in [-0.15, -0.1) is 11.3 Å². The molecule has 0 unspecified atom stereocenters. The molecule has 0 fully saturated rings. The zero-order chi connectivity index (χ0) is 25.1. The molecule has 1 aromatic heterocycles. The van der Waals surface area contributed by atoms with Crippen LogP contribution in [0, 0.1) is 0 Å². The molecule has 3 rings (SSSR count). The second-order valence-corrected chi connectivity index (χ2v) is 11.4. The number of phenolic OH excluding ortho intramolecular Hbond substituents is 1. The highest BCUT2D eigenvalue weighted by molar-refractivity contribution is 7.12. The number of hydrogen-bond acceptors (Lipinski definition) is 5. The van der Waals surface area contributed by atoms with E-state index in [9.17, 15) is 9.90 Å². The molecule has 180 valence electrons. The minimum atomic E-state index is -0.407. The molecule has 3 aromatic rings. The van der Waals surface area contributed by atoms with Crippen molar-refractivity contribution < 1.29 is 14.6 Å². The average molecular weight is 479 g/mol. The Bertz CT molecular complexity index is 1150. The highest BCUT2D eigenvalue weighted by Gasteiger charge is 2.28. The molecule has 2 aromatic carbocycles. The van der Waals surface area contributed by atoms with Crippen LogP contribution < -0.4 is 5.73 Å². The summed E-state index contributed by atoms with van der Waals surface area (Å²) in [5.74, 6) is 0.301. The van der Waals surface area contributed by atoms with Crippen molar-refractivity contribution in [2.24, 2.45) is 10.7 Å². The first-order chi connectivity index (χ1) is 15.9. The third kappa shape index (κ3) is 6.06. The Morgan fingerprint density at radius 3 is 2.18 bits per heavy atom. The summed E-state index contributed by atoms with van der Waals surface area (Å²) in [4.78, 5) is 18.5. The molecule has 0 aliphatic carbocycles. The highest BCUT2D eigenvalue weighted by atomic mass is 32.1. The van der Waals surface area contributed by atoms with Gasteiger partial charge in [0, 0.05) is 17.5 Å². The smallest absolute Gasteiger partial charge is 0.338 e. The monoisotopic (exact) mass is 478 g/mol. The van der Waals surface area contributed by atoms with Crippen molar-refractivity contribution in [1.82, 2.24) is 0 Å². The van der Waals surface area contributed by atoms with E-state index in [1.807, 2.05) is 83.3 Å². The van der Waals surface area contributed by atoms with Crippen LogP contribution in [0.4, 0.5) is 5.69 Å². The second kappa shape index (κ2) is 10.0. The predicted molar refractivity (Wildman–Crippen MR) is 141 cm³/mol. The molecular weight excluding hydrogens is 444 g/mol. The van der Waals surface area contributed by atoms with Crippen molar-refractivity contribution in [3.63, 3.8) is 0 Å². The Morgan fingerprint density at radius 2 is 1.62 bits per heavy atom. The molecule has 0 aliphatic rings. The van der Waals surface area contributed by atoms with E-state index in [0.29, 0.717) is 17.8 Å². The summed E-state index contributed by atoms with van der Waals surface area (Å²) >= 11 is 1.54. The summed E-state index contributed by atoms with van der Waals surface area (Å²) in [5.41, 5.74) is 9.14. The average Bonchev–Trinajstić information content (AvgIpc) is 3.28. The summed E-state index contributed by atoms with van der Waals surface area (Å²) in [5, 5.41) is 12.8. The number of nitrogens with two attached hydrogens (primary N) is 1. The van der Waals surface area contributed by atoms with Crippen LogP contribution in [0.3, 0.4) is 0 Å². The van der Waals surface area contributed by atoms with Gasteiger partial charge in [-0.3, -0.25) is 0 Å². The molecule has 0 saturated heterocycles. The van der Waals surface area contributed by atoms with Crippen LogP contribution in [0.15, 0.2) is 58.9 Å². The summed E-state index contributed by atoms with van der Waals surface area (Å²) in [6.45, 7) is 12.3. The van der Waals surface area contributed by atoms with Crippen LogP contribution in [-0.4, -0.2) is 23.5 Å². The summed E-state index contributed by atoms with van der Waals surface area (Å²) in [6, 6.07) is 15.1. The molecule has 0 radical (unpaired) electrons. The van der Waals surface area contributed by atoms with E-state index >= 15 is 0 Å². The van der Waals surface area contributed by atoms with Crippen molar-refractivity contribution in [3.8, 4) is 5.75 Å². The number of aliphatic imine (C=N–C) groups is 1. The molecule has 0 bridgehead atoms. The van der Waals surface area contributed by atoms with Gasteiger partial charge >= 0.3 is 5.97 Å². The van der Waals surface area contributed by atoms with Crippen molar-refractivity contribution >= 4 is 28.8 Å². The number of carbonyl (C=O) groups is 1. The number of benzene rings is 2. The number of rotatable bonds is 6. The second-order valence-electron chi connectivity index (χ2n) is 10.4. The van der Waals surface area contributed by atoms with Gasteiger partial charge in [-0.25, -0.2) is 9.79 Å². The Labute approximate surface area is 206 Å². The van der Waals surface area contributed by atoms with E-state index in [2.05, 4.69) is 4.99 Å². The number of thiophene rings is 1. The number of aromatic hydroxyl groups is 1. The van der Waals surface area contributed by atoms with E-state index in [0.717, 1.165) is 27.3 Å². The first-order valence-corrected chi connectivity index (χ1v) is 12.3. The molecule has 34 heavy (non-hydrogen) atoms. The molecule has 0 atom stereocenters. The molecule has 6 heteroatoms. The first-order valence-electron chi connectivity index (χ1n) is 11.4. The number of carbonyl (C=O) groups excluding carboxylic acids is 1. The molecule has 1 heterocycles. The van der Waals surface area contributed by atoms with Gasteiger partial charge in [-0.05, 0) is 46.0 Å². The maximum atomic E-state index is 13.0. The van der Waals surface area contributed by atoms with Gasteiger partial charge in [0.1, 0.15) is 11.6 Å². The molecule has 0 aliphatic heterocycles. The van der Waals surface area contributed by atoms with Crippen LogP contribution in [0.5, 0.6) is 5.75 Å². The van der Waals surface area contributed by atoms with Gasteiger partial charge in [0.2, 0.25) is 0 Å². The third-order valence-electron chi connectivity index (χ3n) is 5.57. The maximum absolute atomic E-state index is 13.0. The number of hydrogen-bond donors (Lipinski definition) is 2. The van der Waals surface area contributed by atoms with Crippen LogP contribution in [0.25, 0.3) is 0 Å². The van der Waals surface area contributed by atoms with Crippen molar-refractivity contribution in [2.75, 3.05) is 6.61 Å². The van der Waals surface area contributed by atoms with E-state index in [-0.39, 0.29) is 23.2 Å². The Kier molecular flexibility index (Phi) is 7.51. The zero-order valence-corrected chi connectivity index (χ0v) is 21.6. The molecular formula is C28H34N2O3S. The number of ether oxygens (including phenoxy) is 1. The highest BCUT2D eigenvalue weighted by Crippen LogP contribution is 2.40. The van der Waals surface area contributed by atoms with E-state index < -0.39 is 5.97 Å². The van der Waals surface area contributed by atoms with Crippen LogP contribution >= 0.6 is 11.3 Å². The van der Waals surface area contributed by atoms with Crippen molar-refractivity contribution in [2.45, 2.75) is 58.8 Å². The lowest BCUT2D eigenvalue weighted by molar-refractivity contribution is 0.0509. The minimum Gasteiger partial charge on any atom is -0.507 e. The van der Waals surface area contributed by atoms with Crippen LogP contribution in [-0.2, 0) is 22.0 Å². The van der Waals surface area contributed by atoms with Gasteiger partial charge in [-0.1, -0.05) is 65.8 Å². The van der Waals surface area contributed by atoms with E-state index in [1.54, 1.807) is 12.1 Å². The fourth-order valence-electron chi connectivity index (χ4n) is 3.67. The number of amidine groups is 1. The molecule has 3 N–H and O–H groups in total. The Balaban J connectivity index is 1.78. The van der Waals surface area contributed by atoms with Crippen molar-refractivity contribution in [3.05, 3.63) is 81.0 Å². The van der Waals surface area contributed by atoms with E-state index in [1.165, 1.54) is 11.3 Å². The third-order valence-corrected chi connectivity index (χ3v) is 6.46. The van der Waals surface area contributed by atoms with Gasteiger partial charge in [0.15, 0.2) is 0 Å². The summed E-state index contributed by atoms with van der Waals surface area (Å²) in [7, 11) is 0. The predicted octanol–water partition coefficient (Wildman–Crippen LogP) is 6.49. The first kappa shape index (κ1) is 25.5. The number of para-hydroxylation sites is 1. The molecule has 0 saturated carbocycles. The topological polar surface area (TPSA) is 84.9 Å². The normalized spacial score (nSPS) is 12.6. The Morgan fingerprint density at radius 1 is 1.00 bits per heavy atom.